The van der Waals surface area contributed by atoms with Gasteiger partial charge in [0.15, 0.2) is 23.0 Å². The van der Waals surface area contributed by atoms with Crippen molar-refractivity contribution in [3.05, 3.63) is 77.4 Å². The van der Waals surface area contributed by atoms with Crippen molar-refractivity contribution < 1.29 is 44.4 Å². The highest BCUT2D eigenvalue weighted by atomic mass is 32.2. The first-order valence-electron chi connectivity index (χ1n) is 13.3. The Balaban J connectivity index is 1.46. The van der Waals surface area contributed by atoms with E-state index in [4.69, 9.17) is 18.4 Å². The molecular formula is C29H27F4N5O6S. The average Bonchev–Trinajstić information content (AvgIpc) is 3.42. The molecule has 1 N–H and O–H groups in total. The first-order valence-corrected chi connectivity index (χ1v) is 14.7. The molecule has 0 amide bonds. The van der Waals surface area contributed by atoms with Gasteiger partial charge in [-0.25, -0.2) is 14.4 Å². The number of anilines is 1. The van der Waals surface area contributed by atoms with E-state index >= 15 is 0 Å². The zero-order valence-electron chi connectivity index (χ0n) is 24.3. The molecule has 1 atom stereocenters. The molecule has 238 valence electrons. The molecule has 0 bridgehead atoms. The molecule has 45 heavy (non-hydrogen) atoms. The van der Waals surface area contributed by atoms with Gasteiger partial charge in [-0.05, 0) is 49.4 Å². The Morgan fingerprint density at radius 3 is 2.29 bits per heavy atom. The van der Waals surface area contributed by atoms with Crippen LogP contribution in [0.5, 0.6) is 17.2 Å². The third kappa shape index (κ3) is 6.71. The lowest BCUT2D eigenvalue weighted by atomic mass is 10.2. The van der Waals surface area contributed by atoms with Crippen LogP contribution in [0.3, 0.4) is 0 Å². The first-order chi connectivity index (χ1) is 21.3. The lowest BCUT2D eigenvalue weighted by Gasteiger charge is -2.13. The molecule has 2 heterocycles. The quantitative estimate of drug-likeness (QED) is 0.147. The first kappa shape index (κ1) is 31.7. The summed E-state index contributed by atoms with van der Waals surface area (Å²) in [4.78, 5) is 8.68. The number of benzene rings is 3. The lowest BCUT2D eigenvalue weighted by Crippen LogP contribution is -2.19. The molecule has 0 aliphatic carbocycles. The van der Waals surface area contributed by atoms with Crippen molar-refractivity contribution in [2.45, 2.75) is 37.1 Å². The van der Waals surface area contributed by atoms with Crippen LogP contribution in [0.4, 0.5) is 23.5 Å². The van der Waals surface area contributed by atoms with Crippen LogP contribution in [0, 0.1) is 5.82 Å². The van der Waals surface area contributed by atoms with E-state index in [9.17, 15) is 26.0 Å². The Bertz CT molecular complexity index is 1970. The Morgan fingerprint density at radius 1 is 0.933 bits per heavy atom. The summed E-state index contributed by atoms with van der Waals surface area (Å²) in [7, 11) is -0.0275. The van der Waals surface area contributed by atoms with E-state index in [1.54, 1.807) is 12.1 Å². The molecule has 5 rings (SSSR count). The van der Waals surface area contributed by atoms with Crippen molar-refractivity contribution >= 4 is 32.6 Å². The summed E-state index contributed by atoms with van der Waals surface area (Å²) in [6.45, 7) is 1.68. The number of fused-ring (bicyclic) bond motifs is 3. The fourth-order valence-electron chi connectivity index (χ4n) is 4.56. The number of hydrogen-bond acceptors (Lipinski definition) is 10. The van der Waals surface area contributed by atoms with Crippen molar-refractivity contribution in [1.29, 1.82) is 0 Å². The fourth-order valence-corrected chi connectivity index (χ4v) is 5.64. The van der Waals surface area contributed by atoms with E-state index in [1.807, 2.05) is 6.07 Å². The summed E-state index contributed by atoms with van der Waals surface area (Å²) in [6, 6.07) is 10.9. The maximum Gasteiger partial charge on any atom is 0.416 e. The number of alkyl halides is 3. The Kier molecular flexibility index (Phi) is 8.71. The molecule has 0 saturated heterocycles. The van der Waals surface area contributed by atoms with Gasteiger partial charge in [-0.3, -0.25) is 4.18 Å². The second-order valence-electron chi connectivity index (χ2n) is 9.82. The zero-order valence-corrected chi connectivity index (χ0v) is 25.2. The van der Waals surface area contributed by atoms with Crippen LogP contribution >= 0.6 is 0 Å². The van der Waals surface area contributed by atoms with E-state index in [0.29, 0.717) is 34.5 Å². The van der Waals surface area contributed by atoms with Crippen LogP contribution in [-0.2, 0) is 33.4 Å². The SMILES string of the molecule is COc1ccc(CNc2nc3cc(OC)c(F)cc3c3nc(CC(C)OS(=O)(=O)c4ccc(C(F)(F)F)cc4)nn23)c(OC)c1. The minimum atomic E-state index is -4.62. The molecule has 11 nitrogen and oxygen atoms in total. The van der Waals surface area contributed by atoms with Gasteiger partial charge in [0, 0.05) is 36.0 Å². The van der Waals surface area contributed by atoms with Gasteiger partial charge in [-0.15, -0.1) is 5.10 Å². The number of halogens is 4. The van der Waals surface area contributed by atoms with Crippen molar-refractivity contribution in [3.8, 4) is 17.2 Å². The molecule has 0 radical (unpaired) electrons. The predicted molar refractivity (Wildman–Crippen MR) is 155 cm³/mol. The second-order valence-corrected chi connectivity index (χ2v) is 11.4. The van der Waals surface area contributed by atoms with E-state index in [-0.39, 0.29) is 36.1 Å². The lowest BCUT2D eigenvalue weighted by molar-refractivity contribution is -0.137. The highest BCUT2D eigenvalue weighted by Gasteiger charge is 2.31. The van der Waals surface area contributed by atoms with Crippen molar-refractivity contribution in [1.82, 2.24) is 19.6 Å². The molecule has 0 fully saturated rings. The van der Waals surface area contributed by atoms with Crippen LogP contribution in [0.15, 0.2) is 59.5 Å². The minimum Gasteiger partial charge on any atom is -0.497 e. The van der Waals surface area contributed by atoms with Gasteiger partial charge in [0.05, 0.1) is 43.4 Å². The summed E-state index contributed by atoms with van der Waals surface area (Å²) in [6.07, 6.45) is -5.76. The van der Waals surface area contributed by atoms with Gasteiger partial charge in [0.25, 0.3) is 10.1 Å². The highest BCUT2D eigenvalue weighted by Crippen LogP contribution is 2.31. The van der Waals surface area contributed by atoms with Gasteiger partial charge in [-0.2, -0.15) is 26.1 Å². The summed E-state index contributed by atoms with van der Waals surface area (Å²) in [5.74, 6) is 0.851. The molecule has 5 aromatic rings. The number of nitrogens with zero attached hydrogens (tertiary/aromatic N) is 4. The van der Waals surface area contributed by atoms with Crippen molar-refractivity contribution in [3.63, 3.8) is 0 Å². The van der Waals surface area contributed by atoms with Gasteiger partial charge in [0.2, 0.25) is 5.95 Å². The topological polar surface area (TPSA) is 126 Å². The van der Waals surface area contributed by atoms with E-state index < -0.39 is 38.7 Å². The fraction of sp³-hybridized carbons (Fsp3) is 0.276. The molecule has 2 aromatic heterocycles. The largest absolute Gasteiger partial charge is 0.497 e. The van der Waals surface area contributed by atoms with E-state index in [1.165, 1.54) is 44.9 Å². The Labute approximate surface area is 254 Å². The number of ether oxygens (including phenoxy) is 3. The van der Waals surface area contributed by atoms with Gasteiger partial charge >= 0.3 is 6.18 Å². The molecule has 0 aliphatic rings. The van der Waals surface area contributed by atoms with Crippen LogP contribution in [0.2, 0.25) is 0 Å². The predicted octanol–water partition coefficient (Wildman–Crippen LogP) is 5.41. The average molecular weight is 650 g/mol. The maximum atomic E-state index is 14.7. The van der Waals surface area contributed by atoms with Crippen LogP contribution < -0.4 is 19.5 Å². The summed E-state index contributed by atoms with van der Waals surface area (Å²) in [5.41, 5.74) is 0.339. The molecule has 0 aliphatic heterocycles. The maximum absolute atomic E-state index is 14.7. The molecule has 1 unspecified atom stereocenters. The van der Waals surface area contributed by atoms with Crippen molar-refractivity contribution in [2.75, 3.05) is 26.6 Å². The standard InChI is InChI=1S/C29H27F4N5O6S/c1-16(44-45(39,40)20-9-6-18(7-10-20)29(31,32)33)11-26-36-27-21-13-22(30)25(43-4)14-23(21)35-28(38(27)37-26)34-15-17-5-8-19(41-2)12-24(17)42-3/h5-10,12-14,16H,11,15H2,1-4H3,(H,34,35). The van der Waals surface area contributed by atoms with Crippen LogP contribution in [0.25, 0.3) is 16.6 Å². The van der Waals surface area contributed by atoms with Gasteiger partial charge < -0.3 is 19.5 Å². The third-order valence-corrected chi connectivity index (χ3v) is 8.18. The normalized spacial score (nSPS) is 12.8. The zero-order chi connectivity index (χ0) is 32.5. The molecule has 0 spiro atoms. The molecule has 3 aromatic carbocycles. The number of nitrogens with one attached hydrogen (secondary N) is 1. The monoisotopic (exact) mass is 649 g/mol. The number of methoxy groups -OCH3 is 3. The molecule has 16 heteroatoms. The number of rotatable bonds is 11. The molecule has 0 saturated carbocycles. The second kappa shape index (κ2) is 12.4. The summed E-state index contributed by atoms with van der Waals surface area (Å²) >= 11 is 0. The summed E-state index contributed by atoms with van der Waals surface area (Å²) < 4.78 is 101. The Hall–Kier alpha value is -4.70. The Morgan fingerprint density at radius 2 is 1.64 bits per heavy atom. The minimum absolute atomic E-state index is 0.0302. The van der Waals surface area contributed by atoms with E-state index in [0.717, 1.165) is 17.7 Å². The van der Waals surface area contributed by atoms with E-state index in [2.05, 4.69) is 20.4 Å². The number of aromatic nitrogens is 4. The van der Waals surface area contributed by atoms with Crippen LogP contribution in [0.1, 0.15) is 23.9 Å². The van der Waals surface area contributed by atoms with Gasteiger partial charge in [0.1, 0.15) is 11.5 Å². The smallest absolute Gasteiger partial charge is 0.416 e. The van der Waals surface area contributed by atoms with Crippen molar-refractivity contribution in [2.24, 2.45) is 0 Å². The molecular weight excluding hydrogens is 622 g/mol. The van der Waals surface area contributed by atoms with Gasteiger partial charge in [-0.1, -0.05) is 0 Å². The van der Waals surface area contributed by atoms with Crippen LogP contribution in [-0.4, -0.2) is 55.4 Å². The highest BCUT2D eigenvalue weighted by molar-refractivity contribution is 7.86. The number of hydrogen-bond donors (Lipinski definition) is 1. The summed E-state index contributed by atoms with van der Waals surface area (Å²) in [5, 5.41) is 7.97. The third-order valence-electron chi connectivity index (χ3n) is 6.75.